The molecule has 1 amide bonds. The third-order valence-electron chi connectivity index (χ3n) is 5.31. The van der Waals surface area contributed by atoms with E-state index in [1.807, 2.05) is 13.0 Å². The lowest BCUT2D eigenvalue weighted by Gasteiger charge is -2.18. The summed E-state index contributed by atoms with van der Waals surface area (Å²) in [5.74, 6) is 0.852. The summed E-state index contributed by atoms with van der Waals surface area (Å²) in [6, 6.07) is 18.0. The Morgan fingerprint density at radius 1 is 0.944 bits per heavy atom. The van der Waals surface area contributed by atoms with E-state index in [1.54, 1.807) is 48.5 Å². The number of methoxy groups -OCH3 is 3. The van der Waals surface area contributed by atoms with Gasteiger partial charge in [0.25, 0.3) is 0 Å². The lowest BCUT2D eigenvalue weighted by atomic mass is 10.0. The van der Waals surface area contributed by atoms with E-state index in [0.717, 1.165) is 5.56 Å². The van der Waals surface area contributed by atoms with Crippen LogP contribution < -0.4 is 24.4 Å². The van der Waals surface area contributed by atoms with Gasteiger partial charge in [-0.15, -0.1) is 0 Å². The number of hydrogen-bond donors (Lipinski definition) is 2. The zero-order valence-electron chi connectivity index (χ0n) is 20.5. The van der Waals surface area contributed by atoms with Gasteiger partial charge in [0.05, 0.1) is 38.5 Å². The van der Waals surface area contributed by atoms with Gasteiger partial charge in [0.1, 0.15) is 0 Å². The van der Waals surface area contributed by atoms with Crippen molar-refractivity contribution in [1.82, 2.24) is 10.1 Å². The van der Waals surface area contributed by atoms with Crippen LogP contribution in [0.15, 0.2) is 76.7 Å². The summed E-state index contributed by atoms with van der Waals surface area (Å²) < 4.78 is 44.5. The third-order valence-corrected chi connectivity index (χ3v) is 6.80. The summed E-state index contributed by atoms with van der Waals surface area (Å²) >= 11 is 0. The molecule has 0 saturated heterocycles. The number of sulfonamides is 1. The normalized spacial score (nSPS) is 12.2. The molecular weight excluding hydrogens is 482 g/mol. The summed E-state index contributed by atoms with van der Waals surface area (Å²) in [5.41, 5.74) is 4.64. The Bertz CT molecular complexity index is 1280. The lowest BCUT2D eigenvalue weighted by Crippen LogP contribution is -2.32. The van der Waals surface area contributed by atoms with Crippen molar-refractivity contribution in [3.63, 3.8) is 0 Å². The first-order chi connectivity index (χ1) is 17.3. The van der Waals surface area contributed by atoms with Crippen molar-refractivity contribution in [2.75, 3.05) is 21.3 Å². The number of hydrogen-bond acceptors (Lipinski definition) is 7. The monoisotopic (exact) mass is 511 g/mol. The largest absolute Gasteiger partial charge is 0.493 e. The fraction of sp³-hybridized carbons (Fsp3) is 0.231. The van der Waals surface area contributed by atoms with Crippen LogP contribution in [0, 0.1) is 6.92 Å². The Morgan fingerprint density at radius 3 is 2.11 bits per heavy atom. The predicted molar refractivity (Wildman–Crippen MR) is 137 cm³/mol. The van der Waals surface area contributed by atoms with Gasteiger partial charge >= 0.3 is 0 Å². The summed E-state index contributed by atoms with van der Waals surface area (Å²) in [6.07, 6.45) is 1.26. The van der Waals surface area contributed by atoms with E-state index in [2.05, 4.69) is 15.2 Å². The summed E-state index contributed by atoms with van der Waals surface area (Å²) in [5, 5.41) is 4.01. The van der Waals surface area contributed by atoms with E-state index < -0.39 is 22.0 Å². The van der Waals surface area contributed by atoms with Crippen molar-refractivity contribution in [2.24, 2.45) is 5.10 Å². The SMILES string of the molecule is COc1cc(/C=N\NC(=O)C[C@H](NS(=O)(=O)c2ccc(C)cc2)c2ccccc2)cc(OC)c1OC. The van der Waals surface area contributed by atoms with Crippen LogP contribution in [0.2, 0.25) is 0 Å². The number of hydrazone groups is 1. The van der Waals surface area contributed by atoms with Crippen molar-refractivity contribution in [2.45, 2.75) is 24.3 Å². The smallest absolute Gasteiger partial charge is 0.242 e. The highest BCUT2D eigenvalue weighted by molar-refractivity contribution is 7.89. The molecule has 1 atom stereocenters. The standard InChI is InChI=1S/C26H29N3O6S/c1-18-10-12-21(13-11-18)36(31,32)29-22(20-8-6-5-7-9-20)16-25(30)28-27-17-19-14-23(33-2)26(35-4)24(15-19)34-3/h5-15,17,22,29H,16H2,1-4H3,(H,28,30)/b27-17-/t22-/m0/s1. The van der Waals surface area contributed by atoms with Gasteiger partial charge in [-0.05, 0) is 36.8 Å². The molecular formula is C26H29N3O6S. The Balaban J connectivity index is 1.75. The molecule has 3 aromatic carbocycles. The molecule has 9 nitrogen and oxygen atoms in total. The van der Waals surface area contributed by atoms with E-state index in [9.17, 15) is 13.2 Å². The molecule has 36 heavy (non-hydrogen) atoms. The van der Waals surface area contributed by atoms with Gasteiger partial charge in [-0.1, -0.05) is 48.0 Å². The zero-order valence-corrected chi connectivity index (χ0v) is 21.3. The van der Waals surface area contributed by atoms with Crippen molar-refractivity contribution >= 4 is 22.1 Å². The summed E-state index contributed by atoms with van der Waals surface area (Å²) in [7, 11) is 0.644. The number of nitrogens with zero attached hydrogens (tertiary/aromatic N) is 1. The molecule has 190 valence electrons. The Kier molecular flexibility index (Phi) is 9.04. The second-order valence-electron chi connectivity index (χ2n) is 7.85. The zero-order chi connectivity index (χ0) is 26.1. The van der Waals surface area contributed by atoms with Crippen LogP contribution in [0.25, 0.3) is 0 Å². The van der Waals surface area contributed by atoms with Crippen molar-refractivity contribution < 1.29 is 27.4 Å². The lowest BCUT2D eigenvalue weighted by molar-refractivity contribution is -0.121. The van der Waals surface area contributed by atoms with Crippen LogP contribution in [-0.4, -0.2) is 41.9 Å². The molecule has 0 unspecified atom stereocenters. The van der Waals surface area contributed by atoms with Gasteiger partial charge in [0.2, 0.25) is 21.7 Å². The van der Waals surface area contributed by atoms with Crippen LogP contribution >= 0.6 is 0 Å². The van der Waals surface area contributed by atoms with Crippen LogP contribution in [-0.2, 0) is 14.8 Å². The molecule has 0 aliphatic heterocycles. The highest BCUT2D eigenvalue weighted by Crippen LogP contribution is 2.37. The molecule has 0 aromatic heterocycles. The second kappa shape index (κ2) is 12.2. The molecule has 0 spiro atoms. The van der Waals surface area contributed by atoms with Gasteiger partial charge in [-0.3, -0.25) is 4.79 Å². The first kappa shape index (κ1) is 26.7. The first-order valence-corrected chi connectivity index (χ1v) is 12.5. The molecule has 2 N–H and O–H groups in total. The van der Waals surface area contributed by atoms with Gasteiger partial charge in [-0.2, -0.15) is 5.10 Å². The molecule has 3 aromatic rings. The van der Waals surface area contributed by atoms with Crippen molar-refractivity contribution in [3.05, 3.63) is 83.4 Å². The third kappa shape index (κ3) is 6.83. The average molecular weight is 512 g/mol. The summed E-state index contributed by atoms with van der Waals surface area (Å²) in [4.78, 5) is 12.8. The predicted octanol–water partition coefficient (Wildman–Crippen LogP) is 3.58. The van der Waals surface area contributed by atoms with Gasteiger partial charge < -0.3 is 14.2 Å². The first-order valence-electron chi connectivity index (χ1n) is 11.0. The molecule has 0 heterocycles. The fourth-order valence-electron chi connectivity index (χ4n) is 3.47. The van der Waals surface area contributed by atoms with Crippen molar-refractivity contribution in [1.29, 1.82) is 0 Å². The van der Waals surface area contributed by atoms with Gasteiger partial charge in [0, 0.05) is 12.0 Å². The number of carbonyl (C=O) groups excluding carboxylic acids is 1. The maximum absolute atomic E-state index is 13.0. The van der Waals surface area contributed by atoms with E-state index in [4.69, 9.17) is 14.2 Å². The molecule has 0 fully saturated rings. The molecule has 0 saturated carbocycles. The number of aryl methyl sites for hydroxylation is 1. The molecule has 0 bridgehead atoms. The number of ether oxygens (including phenoxy) is 3. The minimum atomic E-state index is -3.86. The minimum absolute atomic E-state index is 0.120. The quantitative estimate of drug-likeness (QED) is 0.300. The molecule has 10 heteroatoms. The van der Waals surface area contributed by atoms with E-state index in [0.29, 0.717) is 28.4 Å². The minimum Gasteiger partial charge on any atom is -0.493 e. The van der Waals surface area contributed by atoms with Gasteiger partial charge in [0.15, 0.2) is 11.5 Å². The number of nitrogens with one attached hydrogen (secondary N) is 2. The van der Waals surface area contributed by atoms with Crippen LogP contribution in [0.3, 0.4) is 0 Å². The van der Waals surface area contributed by atoms with Crippen molar-refractivity contribution in [3.8, 4) is 17.2 Å². The maximum Gasteiger partial charge on any atom is 0.242 e. The second-order valence-corrected chi connectivity index (χ2v) is 9.57. The Labute approximate surface area is 211 Å². The number of benzene rings is 3. The van der Waals surface area contributed by atoms with Crippen LogP contribution in [0.5, 0.6) is 17.2 Å². The molecule has 0 radical (unpaired) electrons. The topological polar surface area (TPSA) is 115 Å². The van der Waals surface area contributed by atoms with E-state index in [-0.39, 0.29) is 11.3 Å². The Morgan fingerprint density at radius 2 is 1.56 bits per heavy atom. The van der Waals surface area contributed by atoms with E-state index in [1.165, 1.54) is 39.7 Å². The number of amides is 1. The average Bonchev–Trinajstić information content (AvgIpc) is 2.88. The van der Waals surface area contributed by atoms with Gasteiger partial charge in [-0.25, -0.2) is 18.6 Å². The molecule has 3 rings (SSSR count). The fourth-order valence-corrected chi connectivity index (χ4v) is 4.70. The number of carbonyl (C=O) groups is 1. The summed E-state index contributed by atoms with van der Waals surface area (Å²) in [6.45, 7) is 1.87. The van der Waals surface area contributed by atoms with E-state index >= 15 is 0 Å². The van der Waals surface area contributed by atoms with Crippen LogP contribution in [0.1, 0.15) is 29.2 Å². The molecule has 0 aliphatic carbocycles. The highest BCUT2D eigenvalue weighted by atomic mass is 32.2. The Hall–Kier alpha value is -3.89. The highest BCUT2D eigenvalue weighted by Gasteiger charge is 2.23. The molecule has 0 aliphatic rings. The maximum atomic E-state index is 13.0. The number of rotatable bonds is 11. The van der Waals surface area contributed by atoms with Crippen LogP contribution in [0.4, 0.5) is 0 Å².